The molecule has 0 radical (unpaired) electrons. The smallest absolute Gasteiger partial charge is 0.321 e. The zero-order valence-electron chi connectivity index (χ0n) is 21.2. The van der Waals surface area contributed by atoms with E-state index in [-0.39, 0.29) is 33.5 Å². The number of amides is 3. The van der Waals surface area contributed by atoms with Gasteiger partial charge in [0.25, 0.3) is 5.91 Å². The molecular formula is C25H25F2N7O3S2. The summed E-state index contributed by atoms with van der Waals surface area (Å²) in [6.07, 6.45) is 0. The monoisotopic (exact) mass is 573 g/mol. The van der Waals surface area contributed by atoms with Crippen LogP contribution in [0.1, 0.15) is 10.4 Å². The predicted molar refractivity (Wildman–Crippen MR) is 150 cm³/mol. The summed E-state index contributed by atoms with van der Waals surface area (Å²) < 4.78 is 34.4. The van der Waals surface area contributed by atoms with Crippen molar-refractivity contribution in [2.75, 3.05) is 50.7 Å². The number of benzene rings is 2. The highest BCUT2D eigenvalue weighted by molar-refractivity contribution is 7.23. The molecule has 4 rings (SSSR count). The molecule has 204 valence electrons. The first-order valence-electron chi connectivity index (χ1n) is 11.5. The van der Waals surface area contributed by atoms with E-state index in [2.05, 4.69) is 25.9 Å². The molecule has 0 unspecified atom stereocenters. The third-order valence-electron chi connectivity index (χ3n) is 5.33. The van der Waals surface area contributed by atoms with E-state index in [1.54, 1.807) is 23.6 Å². The van der Waals surface area contributed by atoms with E-state index < -0.39 is 23.6 Å². The molecule has 2 aromatic carbocycles. The van der Waals surface area contributed by atoms with Crippen molar-refractivity contribution in [2.24, 2.45) is 0 Å². The number of rotatable bonds is 9. The van der Waals surface area contributed by atoms with Crippen molar-refractivity contribution < 1.29 is 23.1 Å². The molecule has 2 heterocycles. The van der Waals surface area contributed by atoms with Gasteiger partial charge in [-0.15, -0.1) is 11.3 Å². The lowest BCUT2D eigenvalue weighted by Crippen LogP contribution is -2.34. The van der Waals surface area contributed by atoms with Crippen LogP contribution < -0.4 is 26.4 Å². The van der Waals surface area contributed by atoms with Gasteiger partial charge in [-0.05, 0) is 38.4 Å². The van der Waals surface area contributed by atoms with Crippen LogP contribution in [-0.4, -0.2) is 61.1 Å². The fourth-order valence-corrected chi connectivity index (χ4v) is 5.17. The molecule has 14 heteroatoms. The second-order valence-electron chi connectivity index (χ2n) is 8.45. The second-order valence-corrected chi connectivity index (χ2v) is 10.3. The molecule has 0 fully saturated rings. The summed E-state index contributed by atoms with van der Waals surface area (Å²) in [5, 5.41) is 10.1. The van der Waals surface area contributed by atoms with Gasteiger partial charge in [0.1, 0.15) is 33.1 Å². The third kappa shape index (κ3) is 6.85. The number of aromatic nitrogens is 2. The topological polar surface area (TPSA) is 134 Å². The van der Waals surface area contributed by atoms with Crippen LogP contribution in [0, 0.1) is 11.6 Å². The number of thiazole rings is 2. The highest BCUT2D eigenvalue weighted by Gasteiger charge is 2.20. The van der Waals surface area contributed by atoms with E-state index in [4.69, 9.17) is 10.5 Å². The molecule has 39 heavy (non-hydrogen) atoms. The molecule has 4 aromatic rings. The van der Waals surface area contributed by atoms with Gasteiger partial charge in [-0.3, -0.25) is 10.1 Å². The van der Waals surface area contributed by atoms with Crippen LogP contribution in [0.5, 0.6) is 5.75 Å². The van der Waals surface area contributed by atoms with Crippen LogP contribution in [0.25, 0.3) is 21.1 Å². The number of hydrogen-bond donors (Lipinski definition) is 4. The lowest BCUT2D eigenvalue weighted by Gasteiger charge is -2.10. The number of likely N-dealkylation sites (N-methyl/N-ethyl adjacent to an activating group) is 1. The Morgan fingerprint density at radius 2 is 1.90 bits per heavy atom. The van der Waals surface area contributed by atoms with Crippen molar-refractivity contribution in [3.63, 3.8) is 0 Å². The van der Waals surface area contributed by atoms with E-state index in [9.17, 15) is 18.4 Å². The number of anilines is 3. The quantitative estimate of drug-likeness (QED) is 0.227. The minimum atomic E-state index is -0.936. The maximum Gasteiger partial charge on any atom is 0.321 e. The van der Waals surface area contributed by atoms with Crippen LogP contribution in [0.4, 0.5) is 30.2 Å². The lowest BCUT2D eigenvalue weighted by molar-refractivity contribution is 0.102. The number of hydrogen-bond acceptors (Lipinski definition) is 9. The zero-order valence-corrected chi connectivity index (χ0v) is 22.8. The number of urea groups is 1. The van der Waals surface area contributed by atoms with E-state index in [1.165, 1.54) is 30.6 Å². The van der Waals surface area contributed by atoms with Gasteiger partial charge in [0.2, 0.25) is 0 Å². The van der Waals surface area contributed by atoms with Crippen molar-refractivity contribution >= 4 is 51.2 Å². The minimum Gasteiger partial charge on any atom is -0.497 e. The maximum atomic E-state index is 14.8. The fraction of sp³-hybridized carbons (Fsp3) is 0.200. The first-order chi connectivity index (χ1) is 18.6. The van der Waals surface area contributed by atoms with Gasteiger partial charge in [0, 0.05) is 35.7 Å². The van der Waals surface area contributed by atoms with Crippen LogP contribution in [0.15, 0.2) is 41.8 Å². The van der Waals surface area contributed by atoms with Crippen LogP contribution in [-0.2, 0) is 0 Å². The van der Waals surface area contributed by atoms with Gasteiger partial charge < -0.3 is 26.0 Å². The van der Waals surface area contributed by atoms with Gasteiger partial charge in [0.15, 0.2) is 5.13 Å². The van der Waals surface area contributed by atoms with Gasteiger partial charge >= 0.3 is 6.03 Å². The second kappa shape index (κ2) is 12.1. The average Bonchev–Trinajstić information content (AvgIpc) is 3.51. The normalized spacial score (nSPS) is 10.9. The summed E-state index contributed by atoms with van der Waals surface area (Å²) in [7, 11) is 5.26. The highest BCUT2D eigenvalue weighted by atomic mass is 32.1. The van der Waals surface area contributed by atoms with Crippen LogP contribution in [0.2, 0.25) is 0 Å². The van der Waals surface area contributed by atoms with Crippen LogP contribution in [0.3, 0.4) is 0 Å². The Kier molecular flexibility index (Phi) is 8.69. The highest BCUT2D eigenvalue weighted by Crippen LogP contribution is 2.39. The Bertz CT molecular complexity index is 1510. The van der Waals surface area contributed by atoms with Crippen molar-refractivity contribution in [3.8, 4) is 26.9 Å². The zero-order chi connectivity index (χ0) is 28.1. The molecular weight excluding hydrogens is 548 g/mol. The summed E-state index contributed by atoms with van der Waals surface area (Å²) in [5.74, 6) is -1.77. The number of ether oxygens (including phenoxy) is 1. The molecule has 10 nitrogen and oxygen atoms in total. The van der Waals surface area contributed by atoms with Gasteiger partial charge in [-0.25, -0.2) is 23.5 Å². The first-order valence-corrected chi connectivity index (χ1v) is 13.2. The minimum absolute atomic E-state index is 0.0125. The summed E-state index contributed by atoms with van der Waals surface area (Å²) in [6, 6.07) is 7.79. The number of halogens is 2. The molecule has 0 spiro atoms. The summed E-state index contributed by atoms with van der Waals surface area (Å²) in [5.41, 5.74) is 6.28. The molecule has 0 bridgehead atoms. The summed E-state index contributed by atoms with van der Waals surface area (Å²) in [4.78, 5) is 35.8. The molecule has 2 aromatic heterocycles. The molecule has 0 atom stereocenters. The van der Waals surface area contributed by atoms with Crippen molar-refractivity contribution in [1.82, 2.24) is 20.2 Å². The molecule has 3 amide bonds. The number of nitrogens with two attached hydrogens (primary N) is 1. The number of carbonyl (C=O) groups is 2. The Labute approximate surface area is 230 Å². The average molecular weight is 574 g/mol. The number of carbonyl (C=O) groups excluding carboxylic acids is 2. The van der Waals surface area contributed by atoms with Gasteiger partial charge in [0.05, 0.1) is 18.5 Å². The van der Waals surface area contributed by atoms with Gasteiger partial charge in [-0.2, -0.15) is 0 Å². The number of nitrogen functional groups attached to an aromatic ring is 1. The SMILES string of the molecule is COc1cccc(C(=O)Nc2cc(-c3csc(-c4sc(NC(=O)NCCN(C)C)nc4N)n3)c(F)cc2F)c1. The Hall–Kier alpha value is -4.14. The van der Waals surface area contributed by atoms with E-state index in [0.29, 0.717) is 34.8 Å². The number of nitrogens with one attached hydrogen (secondary N) is 3. The summed E-state index contributed by atoms with van der Waals surface area (Å²) in [6.45, 7) is 1.13. The Balaban J connectivity index is 1.52. The van der Waals surface area contributed by atoms with Crippen LogP contribution >= 0.6 is 22.7 Å². The molecule has 0 aliphatic heterocycles. The van der Waals surface area contributed by atoms with E-state index in [1.807, 2.05) is 19.0 Å². The van der Waals surface area contributed by atoms with E-state index in [0.717, 1.165) is 11.3 Å². The predicted octanol–water partition coefficient (Wildman–Crippen LogP) is 4.74. The maximum absolute atomic E-state index is 14.8. The van der Waals surface area contributed by atoms with Crippen molar-refractivity contribution in [3.05, 3.63) is 59.0 Å². The largest absolute Gasteiger partial charge is 0.497 e. The standard InChI is InChI=1S/C25H25F2N7O3S2/c1-34(2)8-7-29-24(36)33-25-32-21(28)20(39-25)23-31-19(12-38-23)15-10-18(17(27)11-16(15)26)30-22(35)13-5-4-6-14(9-13)37-3/h4-6,9-12H,7-8,28H2,1-3H3,(H,30,35)(H2,29,32,33,36). The Morgan fingerprint density at radius 1 is 1.10 bits per heavy atom. The number of nitrogens with zero attached hydrogens (tertiary/aromatic N) is 3. The third-order valence-corrected chi connectivity index (χ3v) is 7.31. The lowest BCUT2D eigenvalue weighted by atomic mass is 10.1. The molecule has 0 aliphatic carbocycles. The molecule has 5 N–H and O–H groups in total. The molecule has 0 saturated carbocycles. The van der Waals surface area contributed by atoms with Gasteiger partial charge in [-0.1, -0.05) is 17.4 Å². The van der Waals surface area contributed by atoms with Crippen molar-refractivity contribution in [2.45, 2.75) is 0 Å². The van der Waals surface area contributed by atoms with Crippen molar-refractivity contribution in [1.29, 1.82) is 0 Å². The molecule has 0 saturated heterocycles. The summed E-state index contributed by atoms with van der Waals surface area (Å²) >= 11 is 2.29. The Morgan fingerprint density at radius 3 is 2.64 bits per heavy atom. The molecule has 0 aliphatic rings. The number of methoxy groups -OCH3 is 1. The first kappa shape index (κ1) is 27.9. The van der Waals surface area contributed by atoms with E-state index >= 15 is 0 Å². The fourth-order valence-electron chi connectivity index (χ4n) is 3.37.